The van der Waals surface area contributed by atoms with E-state index in [9.17, 15) is 0 Å². The van der Waals surface area contributed by atoms with Crippen LogP contribution in [0.15, 0.2) is 0 Å². The van der Waals surface area contributed by atoms with Gasteiger partial charge in [0.2, 0.25) is 0 Å². The van der Waals surface area contributed by atoms with Gasteiger partial charge < -0.3 is 0 Å². The van der Waals surface area contributed by atoms with E-state index >= 15 is 0 Å². The number of piperidine rings is 2. The first-order valence-corrected chi connectivity index (χ1v) is 6.92. The Labute approximate surface area is 102 Å². The average molecular weight is 223 g/mol. The molecule has 0 aromatic rings. The predicted octanol–water partition coefficient (Wildman–Crippen LogP) is 3.79. The number of rotatable bonds is 1. The topological polar surface area (TPSA) is 3.24 Å². The molecule has 3 aliphatic rings. The molecule has 0 aromatic carbocycles. The molecule has 2 saturated heterocycles. The number of hydrogen-bond donors (Lipinski definition) is 0. The summed E-state index contributed by atoms with van der Waals surface area (Å²) in [6, 6.07) is 0.696. The number of hydrogen-bond acceptors (Lipinski definition) is 1. The number of fused-ring (bicyclic) bond motifs is 2. The van der Waals surface area contributed by atoms with E-state index in [1.807, 2.05) is 0 Å². The van der Waals surface area contributed by atoms with Gasteiger partial charge in [0.05, 0.1) is 0 Å². The minimum Gasteiger partial charge on any atom is -0.295 e. The quantitative estimate of drug-likeness (QED) is 0.654. The van der Waals surface area contributed by atoms with Crippen LogP contribution in [0.5, 0.6) is 0 Å². The maximum atomic E-state index is 2.73. The first-order chi connectivity index (χ1) is 7.15. The standard InChI is InChI=1S/C15H29N/c1-10(2)16-9-11-8-12(15(16,6)7)13(11)14(3,4)5/h10-13H,8-9H2,1-7H3. The molecule has 2 heterocycles. The highest BCUT2D eigenvalue weighted by Gasteiger charge is 2.59. The third-order valence-corrected chi connectivity index (χ3v) is 5.20. The smallest absolute Gasteiger partial charge is 0.0187 e. The van der Waals surface area contributed by atoms with E-state index in [-0.39, 0.29) is 0 Å². The molecule has 3 fully saturated rings. The molecule has 3 atom stereocenters. The lowest BCUT2D eigenvalue weighted by Crippen LogP contribution is -2.69. The second-order valence-corrected chi connectivity index (χ2v) is 7.89. The highest BCUT2D eigenvalue weighted by molar-refractivity contribution is 5.11. The molecule has 0 spiro atoms. The molecule has 0 amide bonds. The summed E-state index contributed by atoms with van der Waals surface area (Å²) in [6.07, 6.45) is 1.47. The van der Waals surface area contributed by atoms with Crippen molar-refractivity contribution in [1.29, 1.82) is 0 Å². The molecule has 1 aliphatic carbocycles. The minimum absolute atomic E-state index is 0.404. The van der Waals surface area contributed by atoms with Gasteiger partial charge in [-0.2, -0.15) is 0 Å². The van der Waals surface area contributed by atoms with Crippen molar-refractivity contribution in [2.75, 3.05) is 6.54 Å². The third kappa shape index (κ3) is 1.63. The molecule has 0 radical (unpaired) electrons. The third-order valence-electron chi connectivity index (χ3n) is 5.20. The maximum Gasteiger partial charge on any atom is 0.0187 e. The van der Waals surface area contributed by atoms with E-state index in [0.717, 1.165) is 17.8 Å². The molecular formula is C15H29N. The molecule has 1 heteroatoms. The fourth-order valence-corrected chi connectivity index (χ4v) is 4.56. The summed E-state index contributed by atoms with van der Waals surface area (Å²) >= 11 is 0. The Hall–Kier alpha value is -0.0400. The Morgan fingerprint density at radius 2 is 1.75 bits per heavy atom. The lowest BCUT2D eigenvalue weighted by atomic mass is 9.47. The van der Waals surface area contributed by atoms with Crippen LogP contribution in [-0.4, -0.2) is 23.0 Å². The molecule has 94 valence electrons. The number of nitrogens with zero attached hydrogens (tertiary/aromatic N) is 1. The molecule has 0 N–H and O–H groups in total. The monoisotopic (exact) mass is 223 g/mol. The maximum absolute atomic E-state index is 2.73. The van der Waals surface area contributed by atoms with Crippen molar-refractivity contribution in [2.24, 2.45) is 23.2 Å². The van der Waals surface area contributed by atoms with Crippen LogP contribution >= 0.6 is 0 Å². The highest BCUT2D eigenvalue weighted by Crippen LogP contribution is 2.59. The molecular weight excluding hydrogens is 194 g/mol. The summed E-state index contributed by atoms with van der Waals surface area (Å²) in [5.41, 5.74) is 0.898. The molecule has 1 saturated carbocycles. The van der Waals surface area contributed by atoms with Gasteiger partial charge in [-0.05, 0) is 57.3 Å². The van der Waals surface area contributed by atoms with Crippen LogP contribution in [0.2, 0.25) is 0 Å². The molecule has 1 nitrogen and oxygen atoms in total. The van der Waals surface area contributed by atoms with Crippen LogP contribution < -0.4 is 0 Å². The van der Waals surface area contributed by atoms with Crippen LogP contribution in [0.1, 0.15) is 54.9 Å². The van der Waals surface area contributed by atoms with E-state index in [1.54, 1.807) is 0 Å². The zero-order chi connectivity index (χ0) is 12.3. The van der Waals surface area contributed by atoms with Gasteiger partial charge in [-0.1, -0.05) is 20.8 Å². The van der Waals surface area contributed by atoms with Crippen molar-refractivity contribution >= 4 is 0 Å². The van der Waals surface area contributed by atoms with Crippen molar-refractivity contribution < 1.29 is 0 Å². The van der Waals surface area contributed by atoms with E-state index in [4.69, 9.17) is 0 Å². The van der Waals surface area contributed by atoms with Gasteiger partial charge in [0, 0.05) is 18.1 Å². The Bertz CT molecular complexity index is 272. The second-order valence-electron chi connectivity index (χ2n) is 7.89. The summed E-state index contributed by atoms with van der Waals surface area (Å²) in [5, 5.41) is 0. The van der Waals surface area contributed by atoms with Gasteiger partial charge in [-0.3, -0.25) is 4.90 Å². The summed E-state index contributed by atoms with van der Waals surface area (Å²) in [6.45, 7) is 18.2. The van der Waals surface area contributed by atoms with Gasteiger partial charge >= 0.3 is 0 Å². The van der Waals surface area contributed by atoms with Gasteiger partial charge in [0.25, 0.3) is 0 Å². The summed E-state index contributed by atoms with van der Waals surface area (Å²) < 4.78 is 0. The minimum atomic E-state index is 0.404. The zero-order valence-electron chi connectivity index (χ0n) is 12.2. The van der Waals surface area contributed by atoms with E-state index in [1.165, 1.54) is 13.0 Å². The summed E-state index contributed by atoms with van der Waals surface area (Å²) in [7, 11) is 0. The first-order valence-electron chi connectivity index (χ1n) is 6.92. The molecule has 2 aliphatic heterocycles. The molecule has 16 heavy (non-hydrogen) atoms. The van der Waals surface area contributed by atoms with Crippen LogP contribution in [0.4, 0.5) is 0 Å². The lowest BCUT2D eigenvalue weighted by molar-refractivity contribution is -0.178. The fourth-order valence-electron chi connectivity index (χ4n) is 4.56. The van der Waals surface area contributed by atoms with Crippen LogP contribution in [0.25, 0.3) is 0 Å². The fraction of sp³-hybridized carbons (Fsp3) is 1.00. The van der Waals surface area contributed by atoms with Gasteiger partial charge in [-0.15, -0.1) is 0 Å². The van der Waals surface area contributed by atoms with Crippen LogP contribution in [0, 0.1) is 23.2 Å². The average Bonchev–Trinajstić information content (AvgIpc) is 1.95. The Morgan fingerprint density at radius 1 is 1.19 bits per heavy atom. The summed E-state index contributed by atoms with van der Waals surface area (Å²) in [4.78, 5) is 2.73. The Kier molecular flexibility index (Phi) is 2.70. The van der Waals surface area contributed by atoms with Crippen LogP contribution in [-0.2, 0) is 0 Å². The molecule has 3 rings (SSSR count). The van der Waals surface area contributed by atoms with Gasteiger partial charge in [0.1, 0.15) is 0 Å². The van der Waals surface area contributed by atoms with Crippen LogP contribution in [0.3, 0.4) is 0 Å². The molecule has 0 aromatic heterocycles. The lowest BCUT2D eigenvalue weighted by Gasteiger charge is -2.67. The molecule has 3 unspecified atom stereocenters. The van der Waals surface area contributed by atoms with E-state index in [0.29, 0.717) is 17.0 Å². The van der Waals surface area contributed by atoms with Crippen molar-refractivity contribution in [3.8, 4) is 0 Å². The SMILES string of the molecule is CC(C)N1CC2CC(C2C(C)(C)C)C1(C)C. The predicted molar refractivity (Wildman–Crippen MR) is 70.5 cm³/mol. The van der Waals surface area contributed by atoms with Crippen molar-refractivity contribution in [2.45, 2.75) is 66.5 Å². The van der Waals surface area contributed by atoms with Gasteiger partial charge in [0.15, 0.2) is 0 Å². The zero-order valence-corrected chi connectivity index (χ0v) is 12.2. The van der Waals surface area contributed by atoms with Crippen molar-refractivity contribution in [1.82, 2.24) is 4.90 Å². The largest absolute Gasteiger partial charge is 0.295 e. The van der Waals surface area contributed by atoms with E-state index in [2.05, 4.69) is 53.4 Å². The normalized spacial score (nSPS) is 38.6. The van der Waals surface area contributed by atoms with E-state index < -0.39 is 0 Å². The Morgan fingerprint density at radius 3 is 2.12 bits per heavy atom. The van der Waals surface area contributed by atoms with Crippen molar-refractivity contribution in [3.63, 3.8) is 0 Å². The second kappa shape index (κ2) is 3.48. The molecule has 2 bridgehead atoms. The summed E-state index contributed by atoms with van der Waals surface area (Å²) in [5.74, 6) is 2.81. The first kappa shape index (κ1) is 12.4. The van der Waals surface area contributed by atoms with Gasteiger partial charge in [-0.25, -0.2) is 0 Å². The highest BCUT2D eigenvalue weighted by atomic mass is 15.2. The Balaban J connectivity index is 2.21. The van der Waals surface area contributed by atoms with Crippen molar-refractivity contribution in [3.05, 3.63) is 0 Å².